The standard InChI is InChI=1S/C10H10BrN3OS/c1-15-6-7-4-2-3-5-8(7)12-10-14-13-9(11)16-10/h2-5H,6H2,1H3,(H,12,14). The molecule has 0 saturated heterocycles. The molecule has 6 heteroatoms. The topological polar surface area (TPSA) is 47.0 Å². The smallest absolute Gasteiger partial charge is 0.210 e. The van der Waals surface area contributed by atoms with Gasteiger partial charge in [0.2, 0.25) is 5.13 Å². The number of benzene rings is 1. The average Bonchev–Trinajstić information content (AvgIpc) is 2.67. The highest BCUT2D eigenvalue weighted by Crippen LogP contribution is 2.26. The normalized spacial score (nSPS) is 10.4. The van der Waals surface area contributed by atoms with Crippen LogP contribution in [0.2, 0.25) is 0 Å². The Morgan fingerprint density at radius 1 is 1.38 bits per heavy atom. The summed E-state index contributed by atoms with van der Waals surface area (Å²) in [7, 11) is 1.68. The van der Waals surface area contributed by atoms with Gasteiger partial charge in [-0.15, -0.1) is 10.2 Å². The van der Waals surface area contributed by atoms with Gasteiger partial charge in [-0.1, -0.05) is 29.5 Å². The van der Waals surface area contributed by atoms with Crippen molar-refractivity contribution in [3.8, 4) is 0 Å². The maximum absolute atomic E-state index is 5.13. The van der Waals surface area contributed by atoms with E-state index >= 15 is 0 Å². The molecule has 0 saturated carbocycles. The fourth-order valence-corrected chi connectivity index (χ4v) is 2.32. The van der Waals surface area contributed by atoms with Crippen LogP contribution < -0.4 is 5.32 Å². The monoisotopic (exact) mass is 299 g/mol. The zero-order valence-electron chi connectivity index (χ0n) is 8.61. The summed E-state index contributed by atoms with van der Waals surface area (Å²) in [5.41, 5.74) is 2.09. The van der Waals surface area contributed by atoms with Crippen molar-refractivity contribution >= 4 is 38.1 Å². The Morgan fingerprint density at radius 3 is 2.88 bits per heavy atom. The van der Waals surface area contributed by atoms with Crippen LogP contribution in [-0.4, -0.2) is 17.3 Å². The molecule has 0 spiro atoms. The highest BCUT2D eigenvalue weighted by atomic mass is 79.9. The molecule has 0 fully saturated rings. The maximum Gasteiger partial charge on any atom is 0.210 e. The lowest BCUT2D eigenvalue weighted by molar-refractivity contribution is 0.185. The molecule has 1 aromatic carbocycles. The molecule has 0 amide bonds. The summed E-state index contributed by atoms with van der Waals surface area (Å²) in [5.74, 6) is 0. The summed E-state index contributed by atoms with van der Waals surface area (Å²) in [6, 6.07) is 7.96. The number of hydrogen-bond acceptors (Lipinski definition) is 5. The van der Waals surface area contributed by atoms with Gasteiger partial charge in [0.05, 0.1) is 6.61 Å². The minimum absolute atomic E-state index is 0.573. The quantitative estimate of drug-likeness (QED) is 0.942. The number of ether oxygens (including phenoxy) is 1. The zero-order chi connectivity index (χ0) is 11.4. The molecule has 1 N–H and O–H groups in total. The predicted molar refractivity (Wildman–Crippen MR) is 68.0 cm³/mol. The third kappa shape index (κ3) is 2.78. The predicted octanol–water partition coefficient (Wildman–Crippen LogP) is 3.19. The minimum Gasteiger partial charge on any atom is -0.380 e. The first-order valence-electron chi connectivity index (χ1n) is 4.62. The van der Waals surface area contributed by atoms with Crippen LogP contribution in [0.4, 0.5) is 10.8 Å². The summed E-state index contributed by atoms with van der Waals surface area (Å²) in [5, 5.41) is 11.8. The maximum atomic E-state index is 5.13. The average molecular weight is 300 g/mol. The summed E-state index contributed by atoms with van der Waals surface area (Å²) in [4.78, 5) is 0. The molecule has 0 radical (unpaired) electrons. The van der Waals surface area contributed by atoms with Crippen LogP contribution in [0.5, 0.6) is 0 Å². The van der Waals surface area contributed by atoms with Crippen molar-refractivity contribution in [2.45, 2.75) is 6.61 Å². The van der Waals surface area contributed by atoms with E-state index in [0.717, 1.165) is 20.3 Å². The first kappa shape index (κ1) is 11.5. The van der Waals surface area contributed by atoms with Gasteiger partial charge in [0.15, 0.2) is 3.92 Å². The van der Waals surface area contributed by atoms with Gasteiger partial charge in [-0.3, -0.25) is 0 Å². The van der Waals surface area contributed by atoms with E-state index in [-0.39, 0.29) is 0 Å². The number of hydrogen-bond donors (Lipinski definition) is 1. The van der Waals surface area contributed by atoms with Crippen molar-refractivity contribution in [3.63, 3.8) is 0 Å². The number of para-hydroxylation sites is 1. The number of nitrogens with one attached hydrogen (secondary N) is 1. The van der Waals surface area contributed by atoms with Crippen LogP contribution in [-0.2, 0) is 11.3 Å². The second kappa shape index (κ2) is 5.38. The van der Waals surface area contributed by atoms with Crippen LogP contribution in [0.1, 0.15) is 5.56 Å². The highest BCUT2D eigenvalue weighted by Gasteiger charge is 2.05. The van der Waals surface area contributed by atoms with Crippen molar-refractivity contribution in [3.05, 3.63) is 33.7 Å². The Kier molecular flexibility index (Phi) is 3.87. The first-order valence-corrected chi connectivity index (χ1v) is 6.23. The molecular weight excluding hydrogens is 290 g/mol. The van der Waals surface area contributed by atoms with Gasteiger partial charge < -0.3 is 10.1 Å². The van der Waals surface area contributed by atoms with E-state index in [1.54, 1.807) is 7.11 Å². The lowest BCUT2D eigenvalue weighted by Gasteiger charge is -2.08. The fraction of sp³-hybridized carbons (Fsp3) is 0.200. The molecule has 1 aromatic heterocycles. The number of methoxy groups -OCH3 is 1. The Balaban J connectivity index is 2.20. The van der Waals surface area contributed by atoms with Gasteiger partial charge in [0, 0.05) is 18.4 Å². The van der Waals surface area contributed by atoms with Gasteiger partial charge in [-0.2, -0.15) is 0 Å². The van der Waals surface area contributed by atoms with Crippen LogP contribution in [0.25, 0.3) is 0 Å². The van der Waals surface area contributed by atoms with E-state index in [9.17, 15) is 0 Å². The van der Waals surface area contributed by atoms with Crippen molar-refractivity contribution in [1.82, 2.24) is 10.2 Å². The molecule has 4 nitrogen and oxygen atoms in total. The van der Waals surface area contributed by atoms with Crippen molar-refractivity contribution in [2.75, 3.05) is 12.4 Å². The van der Waals surface area contributed by atoms with Gasteiger partial charge in [0.25, 0.3) is 0 Å². The molecule has 0 bridgehead atoms. The zero-order valence-corrected chi connectivity index (χ0v) is 11.0. The van der Waals surface area contributed by atoms with Gasteiger partial charge in [0.1, 0.15) is 0 Å². The number of halogens is 1. The van der Waals surface area contributed by atoms with Crippen molar-refractivity contribution in [1.29, 1.82) is 0 Å². The first-order chi connectivity index (χ1) is 7.79. The second-order valence-corrected chi connectivity index (χ2v) is 5.33. The molecule has 2 aromatic rings. The Bertz CT molecular complexity index is 475. The lowest BCUT2D eigenvalue weighted by atomic mass is 10.2. The molecule has 2 rings (SSSR count). The molecule has 0 aliphatic rings. The molecule has 1 heterocycles. The molecule has 16 heavy (non-hydrogen) atoms. The summed E-state index contributed by atoms with van der Waals surface area (Å²) in [6.45, 7) is 0.573. The van der Waals surface area contributed by atoms with Crippen LogP contribution >= 0.6 is 27.3 Å². The molecular formula is C10H10BrN3OS. The second-order valence-electron chi connectivity index (χ2n) is 3.08. The van der Waals surface area contributed by atoms with E-state index in [1.165, 1.54) is 11.3 Å². The van der Waals surface area contributed by atoms with Gasteiger partial charge in [-0.05, 0) is 22.0 Å². The Hall–Kier alpha value is -0.980. The summed E-state index contributed by atoms with van der Waals surface area (Å²) >= 11 is 4.73. The molecule has 0 unspecified atom stereocenters. The number of nitrogens with zero attached hydrogens (tertiary/aromatic N) is 2. The Morgan fingerprint density at radius 2 is 2.19 bits per heavy atom. The lowest BCUT2D eigenvalue weighted by Crippen LogP contribution is -1.96. The van der Waals surface area contributed by atoms with Crippen LogP contribution in [0.15, 0.2) is 28.2 Å². The molecule has 84 valence electrons. The van der Waals surface area contributed by atoms with Crippen LogP contribution in [0, 0.1) is 0 Å². The SMILES string of the molecule is COCc1ccccc1Nc1nnc(Br)s1. The molecule has 0 aliphatic carbocycles. The van der Waals surface area contributed by atoms with Crippen molar-refractivity contribution in [2.24, 2.45) is 0 Å². The minimum atomic E-state index is 0.573. The number of anilines is 2. The summed E-state index contributed by atoms with van der Waals surface area (Å²) in [6.07, 6.45) is 0. The highest BCUT2D eigenvalue weighted by molar-refractivity contribution is 9.11. The fourth-order valence-electron chi connectivity index (χ4n) is 1.29. The van der Waals surface area contributed by atoms with Crippen molar-refractivity contribution < 1.29 is 4.74 Å². The number of aromatic nitrogens is 2. The largest absolute Gasteiger partial charge is 0.380 e. The molecule has 0 aliphatic heterocycles. The third-order valence-electron chi connectivity index (χ3n) is 1.96. The van der Waals surface area contributed by atoms with Gasteiger partial charge >= 0.3 is 0 Å². The number of rotatable bonds is 4. The summed E-state index contributed by atoms with van der Waals surface area (Å²) < 4.78 is 5.89. The van der Waals surface area contributed by atoms with Gasteiger partial charge in [-0.25, -0.2) is 0 Å². The van der Waals surface area contributed by atoms with E-state index < -0.39 is 0 Å². The Labute approximate surface area is 106 Å². The molecule has 0 atom stereocenters. The van der Waals surface area contributed by atoms with E-state index in [4.69, 9.17) is 4.74 Å². The van der Waals surface area contributed by atoms with E-state index in [0.29, 0.717) is 6.61 Å². The van der Waals surface area contributed by atoms with Crippen LogP contribution in [0.3, 0.4) is 0 Å². The van der Waals surface area contributed by atoms with E-state index in [1.807, 2.05) is 24.3 Å². The third-order valence-corrected chi connectivity index (χ3v) is 3.23. The van der Waals surface area contributed by atoms with E-state index in [2.05, 4.69) is 31.4 Å².